The molecule has 1 atom stereocenters. The Hall–Kier alpha value is -2.10. The molecule has 0 fully saturated rings. The van der Waals surface area contributed by atoms with Crippen LogP contribution in [0.2, 0.25) is 0 Å². The average Bonchev–Trinajstić information content (AvgIpc) is 2.40. The van der Waals surface area contributed by atoms with E-state index >= 15 is 0 Å². The van der Waals surface area contributed by atoms with Gasteiger partial charge >= 0.3 is 11.9 Å². The summed E-state index contributed by atoms with van der Waals surface area (Å²) in [7, 11) is 0. The Labute approximate surface area is 120 Å². The van der Waals surface area contributed by atoms with Crippen molar-refractivity contribution in [3.05, 3.63) is 48.0 Å². The highest BCUT2D eigenvalue weighted by Gasteiger charge is 2.03. The maximum absolute atomic E-state index is 9.43. The van der Waals surface area contributed by atoms with Crippen LogP contribution in [0.25, 0.3) is 0 Å². The molecule has 1 unspecified atom stereocenters. The van der Waals surface area contributed by atoms with E-state index in [0.29, 0.717) is 5.92 Å². The molecule has 0 aliphatic heterocycles. The highest BCUT2D eigenvalue weighted by Crippen LogP contribution is 2.20. The van der Waals surface area contributed by atoms with Gasteiger partial charge in [0.2, 0.25) is 0 Å². The van der Waals surface area contributed by atoms with Gasteiger partial charge in [0.05, 0.1) is 0 Å². The molecule has 2 N–H and O–H groups in total. The predicted molar refractivity (Wildman–Crippen MR) is 80.9 cm³/mol. The van der Waals surface area contributed by atoms with Gasteiger partial charge in [0.15, 0.2) is 0 Å². The molecule has 0 aliphatic rings. The molecule has 1 aromatic carbocycles. The molecule has 112 valence electrons. The Balaban J connectivity index is 0. The summed E-state index contributed by atoms with van der Waals surface area (Å²) in [6.45, 7) is 12.2. The molecule has 0 amide bonds. The minimum absolute atomic E-state index is 0.483. The summed E-state index contributed by atoms with van der Waals surface area (Å²) in [6, 6.07) is 10.4. The second-order valence-electron chi connectivity index (χ2n) is 3.94. The van der Waals surface area contributed by atoms with Crippen LogP contribution >= 0.6 is 0 Å². The van der Waals surface area contributed by atoms with Crippen LogP contribution in [-0.2, 0) is 9.59 Å². The molecule has 4 heteroatoms. The Morgan fingerprint density at radius 2 is 1.50 bits per heavy atom. The number of carboxylic acid groups (broad SMARTS) is 2. The van der Waals surface area contributed by atoms with Crippen LogP contribution in [0.4, 0.5) is 0 Å². The number of carbonyl (C=O) groups is 2. The van der Waals surface area contributed by atoms with Crippen LogP contribution in [0.5, 0.6) is 0 Å². The molecule has 20 heavy (non-hydrogen) atoms. The lowest BCUT2D eigenvalue weighted by molar-refractivity contribution is -0.147. The highest BCUT2D eigenvalue weighted by atomic mass is 16.4. The van der Waals surface area contributed by atoms with Gasteiger partial charge in [0, 0.05) is 5.92 Å². The normalized spacial score (nSPS) is 10.0. The van der Waals surface area contributed by atoms with Gasteiger partial charge in [0.1, 0.15) is 6.42 Å². The van der Waals surface area contributed by atoms with Crippen molar-refractivity contribution >= 4 is 11.9 Å². The molecule has 1 aromatic rings. The molecule has 0 saturated carbocycles. The van der Waals surface area contributed by atoms with Crippen molar-refractivity contribution in [1.82, 2.24) is 0 Å². The Morgan fingerprint density at radius 3 is 1.75 bits per heavy atom. The Kier molecular flexibility index (Phi) is 12.1. The van der Waals surface area contributed by atoms with E-state index in [1.807, 2.05) is 19.9 Å². The van der Waals surface area contributed by atoms with Crippen LogP contribution < -0.4 is 0 Å². The number of hydrogen-bond acceptors (Lipinski definition) is 2. The number of carboxylic acids is 2. The lowest BCUT2D eigenvalue weighted by Crippen LogP contribution is -2.03. The van der Waals surface area contributed by atoms with E-state index in [-0.39, 0.29) is 0 Å². The second-order valence-corrected chi connectivity index (χ2v) is 3.94. The Bertz CT molecular complexity index is 398. The van der Waals surface area contributed by atoms with Crippen molar-refractivity contribution in [2.45, 2.75) is 40.0 Å². The summed E-state index contributed by atoms with van der Waals surface area (Å²) in [5.41, 5.74) is 2.57. The third-order valence-corrected chi connectivity index (χ3v) is 2.34. The number of hydrogen-bond donors (Lipinski definition) is 2. The van der Waals surface area contributed by atoms with Crippen molar-refractivity contribution in [3.63, 3.8) is 0 Å². The summed E-state index contributed by atoms with van der Waals surface area (Å²) in [6.07, 6.45) is -0.806. The van der Waals surface area contributed by atoms with Gasteiger partial charge in [-0.25, -0.2) is 0 Å². The summed E-state index contributed by atoms with van der Waals surface area (Å²) in [5, 5.41) is 15.4. The minimum atomic E-state index is -1.31. The lowest BCUT2D eigenvalue weighted by atomic mass is 9.95. The maximum Gasteiger partial charge on any atom is 0.314 e. The topological polar surface area (TPSA) is 74.6 Å². The molecule has 0 heterocycles. The SMILES string of the molecule is C=C(C)C(C)c1ccccc1.CC.O=C(O)CC(=O)O. The molecule has 0 radical (unpaired) electrons. The summed E-state index contributed by atoms with van der Waals surface area (Å²) in [4.78, 5) is 18.9. The van der Waals surface area contributed by atoms with Gasteiger partial charge < -0.3 is 10.2 Å². The average molecular weight is 280 g/mol. The molecular formula is C16H24O4. The van der Waals surface area contributed by atoms with Gasteiger partial charge in [-0.3, -0.25) is 9.59 Å². The van der Waals surface area contributed by atoms with E-state index in [2.05, 4.69) is 44.7 Å². The zero-order valence-corrected chi connectivity index (χ0v) is 12.6. The summed E-state index contributed by atoms with van der Waals surface area (Å²) in [5.74, 6) is -2.14. The lowest BCUT2D eigenvalue weighted by Gasteiger charge is -2.10. The fourth-order valence-corrected chi connectivity index (χ4v) is 1.16. The third kappa shape index (κ3) is 11.0. The molecule has 1 rings (SSSR count). The number of benzene rings is 1. The first-order valence-electron chi connectivity index (χ1n) is 6.48. The molecule has 0 aliphatic carbocycles. The van der Waals surface area contributed by atoms with Crippen molar-refractivity contribution in [2.24, 2.45) is 0 Å². The van der Waals surface area contributed by atoms with Crippen molar-refractivity contribution < 1.29 is 19.8 Å². The van der Waals surface area contributed by atoms with Gasteiger partial charge in [-0.05, 0) is 12.5 Å². The smallest absolute Gasteiger partial charge is 0.314 e. The van der Waals surface area contributed by atoms with E-state index in [9.17, 15) is 9.59 Å². The number of rotatable bonds is 4. The fraction of sp³-hybridized carbons (Fsp3) is 0.375. The fourth-order valence-electron chi connectivity index (χ4n) is 1.16. The van der Waals surface area contributed by atoms with Crippen LogP contribution in [0.3, 0.4) is 0 Å². The molecule has 0 aromatic heterocycles. The van der Waals surface area contributed by atoms with E-state index in [1.165, 1.54) is 11.1 Å². The second kappa shape index (κ2) is 12.0. The molecular weight excluding hydrogens is 256 g/mol. The van der Waals surface area contributed by atoms with E-state index in [0.717, 1.165) is 0 Å². The first kappa shape index (κ1) is 20.2. The zero-order valence-electron chi connectivity index (χ0n) is 12.6. The van der Waals surface area contributed by atoms with E-state index in [4.69, 9.17) is 10.2 Å². The molecule has 0 bridgehead atoms. The standard InChI is InChI=1S/C11H14.C3H4O4.C2H6/c1-9(2)10(3)11-7-5-4-6-8-11;4-2(5)1-3(6)7;1-2/h4-8,10H,1H2,2-3H3;1H2,(H,4,5)(H,6,7);1-2H3. The quantitative estimate of drug-likeness (QED) is 0.647. The van der Waals surface area contributed by atoms with Gasteiger partial charge in [0.25, 0.3) is 0 Å². The van der Waals surface area contributed by atoms with Crippen LogP contribution in [0, 0.1) is 0 Å². The number of aliphatic carboxylic acids is 2. The molecule has 0 spiro atoms. The van der Waals surface area contributed by atoms with Gasteiger partial charge in [-0.1, -0.05) is 63.3 Å². The van der Waals surface area contributed by atoms with Crippen LogP contribution in [0.1, 0.15) is 45.6 Å². The van der Waals surface area contributed by atoms with Crippen LogP contribution in [-0.4, -0.2) is 22.2 Å². The summed E-state index contributed by atoms with van der Waals surface area (Å²) >= 11 is 0. The maximum atomic E-state index is 9.43. The predicted octanol–water partition coefficient (Wildman–Crippen LogP) is 3.94. The van der Waals surface area contributed by atoms with E-state index in [1.54, 1.807) is 0 Å². The summed E-state index contributed by atoms with van der Waals surface area (Å²) < 4.78 is 0. The van der Waals surface area contributed by atoms with E-state index < -0.39 is 18.4 Å². The largest absolute Gasteiger partial charge is 0.481 e. The Morgan fingerprint density at radius 1 is 1.10 bits per heavy atom. The van der Waals surface area contributed by atoms with Crippen molar-refractivity contribution in [1.29, 1.82) is 0 Å². The molecule has 4 nitrogen and oxygen atoms in total. The first-order chi connectivity index (χ1) is 9.34. The number of allylic oxidation sites excluding steroid dienone is 1. The van der Waals surface area contributed by atoms with Crippen LogP contribution in [0.15, 0.2) is 42.5 Å². The van der Waals surface area contributed by atoms with Crippen molar-refractivity contribution in [3.8, 4) is 0 Å². The minimum Gasteiger partial charge on any atom is -0.481 e. The monoisotopic (exact) mass is 280 g/mol. The highest BCUT2D eigenvalue weighted by molar-refractivity contribution is 5.88. The first-order valence-corrected chi connectivity index (χ1v) is 6.48. The molecule has 0 saturated heterocycles. The van der Waals surface area contributed by atoms with Crippen molar-refractivity contribution in [2.75, 3.05) is 0 Å². The van der Waals surface area contributed by atoms with Gasteiger partial charge in [-0.15, -0.1) is 0 Å². The zero-order chi connectivity index (χ0) is 16.1. The third-order valence-electron chi connectivity index (χ3n) is 2.34. The van der Waals surface area contributed by atoms with Gasteiger partial charge in [-0.2, -0.15) is 0 Å².